The normalized spacial score (nSPS) is 17.6. The molecule has 0 spiro atoms. The fraction of sp³-hybridized carbons (Fsp3) is 0.556. The third-order valence-corrected chi connectivity index (χ3v) is 4.65. The summed E-state index contributed by atoms with van der Waals surface area (Å²) in [5.74, 6) is 0.109. The smallest absolute Gasteiger partial charge is 0.223 e. The lowest BCUT2D eigenvalue weighted by Gasteiger charge is -2.25. The molecule has 2 rings (SSSR count). The van der Waals surface area contributed by atoms with Crippen molar-refractivity contribution in [2.75, 3.05) is 27.2 Å². The molecule has 0 bridgehead atoms. The highest BCUT2D eigenvalue weighted by atomic mass is 35.5. The highest BCUT2D eigenvalue weighted by molar-refractivity contribution is 6.31. The molecule has 0 aromatic heterocycles. The van der Waals surface area contributed by atoms with Crippen LogP contribution in [0.25, 0.3) is 0 Å². The predicted molar refractivity (Wildman–Crippen MR) is 95.8 cm³/mol. The van der Waals surface area contributed by atoms with Crippen molar-refractivity contribution in [2.24, 2.45) is 0 Å². The molecular weight excluding hydrogens is 326 g/mol. The van der Waals surface area contributed by atoms with Gasteiger partial charge >= 0.3 is 0 Å². The van der Waals surface area contributed by atoms with E-state index in [0.717, 1.165) is 24.9 Å². The topological polar surface area (TPSA) is 52.7 Å². The number of nitrogens with one attached hydrogen (secondary N) is 1. The number of carbonyl (C=O) groups excluding carboxylic acids is 2. The van der Waals surface area contributed by atoms with E-state index in [1.165, 1.54) is 0 Å². The Hall–Kier alpha value is -1.59. The average Bonchev–Trinajstić information content (AvgIpc) is 2.86. The summed E-state index contributed by atoms with van der Waals surface area (Å²) in [6.45, 7) is 2.08. The molecule has 5 nitrogen and oxygen atoms in total. The first-order valence-corrected chi connectivity index (χ1v) is 8.79. The van der Waals surface area contributed by atoms with Crippen molar-refractivity contribution in [1.82, 2.24) is 15.1 Å². The van der Waals surface area contributed by atoms with Crippen molar-refractivity contribution >= 4 is 23.4 Å². The van der Waals surface area contributed by atoms with Gasteiger partial charge in [-0.1, -0.05) is 29.8 Å². The quantitative estimate of drug-likeness (QED) is 0.731. The molecule has 132 valence electrons. The second-order valence-corrected chi connectivity index (χ2v) is 6.92. The molecule has 6 heteroatoms. The number of amides is 2. The Bertz CT molecular complexity index is 577. The molecule has 0 aliphatic carbocycles. The maximum atomic E-state index is 12.2. The van der Waals surface area contributed by atoms with Crippen molar-refractivity contribution in [2.45, 2.75) is 38.3 Å². The van der Waals surface area contributed by atoms with E-state index in [0.29, 0.717) is 31.0 Å². The number of hydrogen-bond acceptors (Lipinski definition) is 3. The molecule has 1 aliphatic heterocycles. The zero-order chi connectivity index (χ0) is 17.5. The zero-order valence-corrected chi connectivity index (χ0v) is 15.2. The van der Waals surface area contributed by atoms with Crippen molar-refractivity contribution in [3.63, 3.8) is 0 Å². The van der Waals surface area contributed by atoms with Gasteiger partial charge < -0.3 is 15.1 Å². The van der Waals surface area contributed by atoms with Gasteiger partial charge in [0.15, 0.2) is 0 Å². The molecule has 1 unspecified atom stereocenters. The SMILES string of the molecule is CN(C)CCCNC(=O)CC1CCC(=O)N1Cc1ccccc1Cl. The molecule has 2 amide bonds. The van der Waals surface area contributed by atoms with Crippen LogP contribution in [0.4, 0.5) is 0 Å². The first kappa shape index (κ1) is 18.7. The van der Waals surface area contributed by atoms with Gasteiger partial charge in [0.25, 0.3) is 0 Å². The van der Waals surface area contributed by atoms with E-state index >= 15 is 0 Å². The van der Waals surface area contributed by atoms with E-state index in [1.54, 1.807) is 4.90 Å². The van der Waals surface area contributed by atoms with Crippen molar-refractivity contribution in [1.29, 1.82) is 0 Å². The summed E-state index contributed by atoms with van der Waals surface area (Å²) in [4.78, 5) is 28.2. The van der Waals surface area contributed by atoms with E-state index in [9.17, 15) is 9.59 Å². The molecule has 24 heavy (non-hydrogen) atoms. The number of likely N-dealkylation sites (tertiary alicyclic amines) is 1. The van der Waals surface area contributed by atoms with E-state index in [1.807, 2.05) is 38.4 Å². The number of halogens is 1. The first-order valence-electron chi connectivity index (χ1n) is 8.41. The van der Waals surface area contributed by atoms with Crippen LogP contribution >= 0.6 is 11.6 Å². The molecule has 1 aliphatic rings. The van der Waals surface area contributed by atoms with Gasteiger partial charge in [-0.25, -0.2) is 0 Å². The lowest BCUT2D eigenvalue weighted by molar-refractivity contribution is -0.130. The molecular formula is C18H26ClN3O2. The molecule has 0 radical (unpaired) electrons. The van der Waals surface area contributed by atoms with Crippen LogP contribution in [0.1, 0.15) is 31.2 Å². The van der Waals surface area contributed by atoms with Gasteiger partial charge in [0.05, 0.1) is 0 Å². The zero-order valence-electron chi connectivity index (χ0n) is 14.4. The Morgan fingerprint density at radius 3 is 2.83 bits per heavy atom. The van der Waals surface area contributed by atoms with Gasteiger partial charge in [-0.2, -0.15) is 0 Å². The Kier molecular flexibility index (Phi) is 7.06. The average molecular weight is 352 g/mol. The number of carbonyl (C=O) groups is 2. The second-order valence-electron chi connectivity index (χ2n) is 6.52. The summed E-state index contributed by atoms with van der Waals surface area (Å²) >= 11 is 6.19. The van der Waals surface area contributed by atoms with Gasteiger partial charge in [0.1, 0.15) is 0 Å². The second kappa shape index (κ2) is 9.04. The van der Waals surface area contributed by atoms with Crippen LogP contribution in [0.3, 0.4) is 0 Å². The standard InChI is InChI=1S/C18H26ClN3O2/c1-21(2)11-5-10-20-17(23)12-15-8-9-18(24)22(15)13-14-6-3-4-7-16(14)19/h3-4,6-7,15H,5,8-13H2,1-2H3,(H,20,23). The van der Waals surface area contributed by atoms with Crippen molar-refractivity contribution < 1.29 is 9.59 Å². The molecule has 1 aromatic carbocycles. The Morgan fingerprint density at radius 2 is 2.12 bits per heavy atom. The lowest BCUT2D eigenvalue weighted by atomic mass is 10.1. The minimum absolute atomic E-state index is 0.0117. The monoisotopic (exact) mass is 351 g/mol. The summed E-state index contributed by atoms with van der Waals surface area (Å²) in [5.41, 5.74) is 0.922. The predicted octanol–water partition coefficient (Wildman–Crippen LogP) is 2.29. The highest BCUT2D eigenvalue weighted by Crippen LogP contribution is 2.26. The third kappa shape index (κ3) is 5.49. The van der Waals surface area contributed by atoms with E-state index in [2.05, 4.69) is 10.2 Å². The highest BCUT2D eigenvalue weighted by Gasteiger charge is 2.32. The molecule has 1 saturated heterocycles. The van der Waals surface area contributed by atoms with E-state index in [-0.39, 0.29) is 17.9 Å². The summed E-state index contributed by atoms with van der Waals surface area (Å²) < 4.78 is 0. The molecule has 1 atom stereocenters. The van der Waals surface area contributed by atoms with Gasteiger partial charge in [0.2, 0.25) is 11.8 Å². The van der Waals surface area contributed by atoms with Gasteiger partial charge in [0, 0.05) is 37.0 Å². The number of rotatable bonds is 8. The maximum absolute atomic E-state index is 12.2. The fourth-order valence-electron chi connectivity index (χ4n) is 2.94. The fourth-order valence-corrected chi connectivity index (χ4v) is 3.14. The third-order valence-electron chi connectivity index (χ3n) is 4.28. The van der Waals surface area contributed by atoms with Crippen molar-refractivity contribution in [3.05, 3.63) is 34.9 Å². The van der Waals surface area contributed by atoms with Crippen LogP contribution in [0.5, 0.6) is 0 Å². The molecule has 1 fully saturated rings. The Labute approximate surface area is 149 Å². The Balaban J connectivity index is 1.86. The van der Waals surface area contributed by atoms with Gasteiger partial charge in [-0.15, -0.1) is 0 Å². The minimum atomic E-state index is -0.0392. The van der Waals surface area contributed by atoms with Crippen LogP contribution in [0.2, 0.25) is 5.02 Å². The van der Waals surface area contributed by atoms with Crippen LogP contribution < -0.4 is 5.32 Å². The molecule has 0 saturated carbocycles. The van der Waals surface area contributed by atoms with Crippen LogP contribution in [-0.2, 0) is 16.1 Å². The Morgan fingerprint density at radius 1 is 1.38 bits per heavy atom. The summed E-state index contributed by atoms with van der Waals surface area (Å²) in [6, 6.07) is 7.49. The first-order chi connectivity index (χ1) is 11.5. The molecule has 1 heterocycles. The maximum Gasteiger partial charge on any atom is 0.223 e. The largest absolute Gasteiger partial charge is 0.356 e. The minimum Gasteiger partial charge on any atom is -0.356 e. The number of hydrogen-bond donors (Lipinski definition) is 1. The van der Waals surface area contributed by atoms with Gasteiger partial charge in [-0.3, -0.25) is 9.59 Å². The van der Waals surface area contributed by atoms with Crippen molar-refractivity contribution in [3.8, 4) is 0 Å². The van der Waals surface area contributed by atoms with Crippen LogP contribution in [0.15, 0.2) is 24.3 Å². The summed E-state index contributed by atoms with van der Waals surface area (Å²) in [6.07, 6.45) is 2.52. The number of benzene rings is 1. The summed E-state index contributed by atoms with van der Waals surface area (Å²) in [7, 11) is 4.02. The molecule has 1 N–H and O–H groups in total. The van der Waals surface area contributed by atoms with E-state index in [4.69, 9.17) is 11.6 Å². The van der Waals surface area contributed by atoms with E-state index < -0.39 is 0 Å². The van der Waals surface area contributed by atoms with Crippen LogP contribution in [0, 0.1) is 0 Å². The summed E-state index contributed by atoms with van der Waals surface area (Å²) in [5, 5.41) is 3.60. The lowest BCUT2D eigenvalue weighted by Crippen LogP contribution is -2.37. The number of nitrogens with zero attached hydrogens (tertiary/aromatic N) is 2. The van der Waals surface area contributed by atoms with Gasteiger partial charge in [-0.05, 0) is 45.1 Å². The molecule has 1 aromatic rings. The van der Waals surface area contributed by atoms with Crippen LogP contribution in [-0.4, -0.2) is 54.8 Å².